The molecule has 0 aliphatic carbocycles. The number of para-hydroxylation sites is 2. The molecule has 0 spiro atoms. The maximum absolute atomic E-state index is 12.4. The molecule has 0 saturated heterocycles. The highest BCUT2D eigenvalue weighted by molar-refractivity contribution is 7.14. The number of nitrogens with zero attached hydrogens (tertiary/aromatic N) is 3. The van der Waals surface area contributed by atoms with Crippen molar-refractivity contribution in [2.45, 2.75) is 13.5 Å². The van der Waals surface area contributed by atoms with Crippen LogP contribution in [-0.4, -0.2) is 18.0 Å². The molecular weight excluding hydrogens is 434 g/mol. The average Bonchev–Trinajstić information content (AvgIpc) is 3.32. The van der Waals surface area contributed by atoms with Crippen molar-refractivity contribution in [3.63, 3.8) is 0 Å². The third-order valence-electron chi connectivity index (χ3n) is 4.96. The third kappa shape index (κ3) is 5.03. The molecule has 33 heavy (non-hydrogen) atoms. The van der Waals surface area contributed by atoms with Crippen molar-refractivity contribution >= 4 is 28.1 Å². The summed E-state index contributed by atoms with van der Waals surface area (Å²) in [5.74, 6) is 1.16. The van der Waals surface area contributed by atoms with Gasteiger partial charge in [0.1, 0.15) is 18.1 Å². The Hall–Kier alpha value is -4.15. The number of ether oxygens (including phenoxy) is 2. The highest BCUT2D eigenvalue weighted by atomic mass is 32.1. The number of hydrogen-bond donors (Lipinski definition) is 0. The summed E-state index contributed by atoms with van der Waals surface area (Å²) in [5, 5.41) is 11.4. The maximum atomic E-state index is 12.4. The number of carbonyl (C=O) groups is 1. The molecule has 3 aromatic carbocycles. The second-order valence-corrected chi connectivity index (χ2v) is 7.99. The van der Waals surface area contributed by atoms with E-state index in [1.165, 1.54) is 18.3 Å². The van der Waals surface area contributed by atoms with Crippen LogP contribution in [0.3, 0.4) is 0 Å². The predicted molar refractivity (Wildman–Crippen MR) is 129 cm³/mol. The van der Waals surface area contributed by atoms with Crippen molar-refractivity contribution in [2.24, 2.45) is 0 Å². The molecule has 0 aliphatic rings. The summed E-state index contributed by atoms with van der Waals surface area (Å²) in [6.07, 6.45) is 0. The van der Waals surface area contributed by atoms with Crippen LogP contribution in [0.4, 0.5) is 10.8 Å². The van der Waals surface area contributed by atoms with Crippen LogP contribution in [0.1, 0.15) is 18.2 Å². The predicted octanol–water partition coefficient (Wildman–Crippen LogP) is 5.95. The molecule has 0 unspecified atom stereocenters. The number of amides is 1. The van der Waals surface area contributed by atoms with Gasteiger partial charge in [0.05, 0.1) is 30.1 Å². The van der Waals surface area contributed by atoms with Gasteiger partial charge in [0.2, 0.25) is 5.91 Å². The molecular formula is C26H21N3O3S. The van der Waals surface area contributed by atoms with E-state index in [1.807, 2.05) is 66.0 Å². The van der Waals surface area contributed by atoms with Crippen molar-refractivity contribution in [1.29, 1.82) is 5.26 Å². The van der Waals surface area contributed by atoms with Crippen molar-refractivity contribution in [3.8, 4) is 28.7 Å². The fourth-order valence-corrected chi connectivity index (χ4v) is 4.19. The van der Waals surface area contributed by atoms with Gasteiger partial charge in [-0.3, -0.25) is 9.69 Å². The maximum Gasteiger partial charge on any atom is 0.230 e. The zero-order chi connectivity index (χ0) is 23.2. The van der Waals surface area contributed by atoms with Crippen LogP contribution in [0.25, 0.3) is 11.1 Å². The Morgan fingerprint density at radius 3 is 2.33 bits per heavy atom. The van der Waals surface area contributed by atoms with Gasteiger partial charge in [0, 0.05) is 12.3 Å². The Morgan fingerprint density at radius 2 is 1.70 bits per heavy atom. The Morgan fingerprint density at radius 1 is 1.03 bits per heavy atom. The first-order chi connectivity index (χ1) is 16.1. The molecule has 0 saturated carbocycles. The van der Waals surface area contributed by atoms with Crippen LogP contribution < -0.4 is 14.4 Å². The monoisotopic (exact) mass is 455 g/mol. The van der Waals surface area contributed by atoms with Gasteiger partial charge in [-0.25, -0.2) is 4.98 Å². The minimum absolute atomic E-state index is 0.153. The summed E-state index contributed by atoms with van der Waals surface area (Å²) in [6.45, 7) is 1.78. The van der Waals surface area contributed by atoms with Gasteiger partial charge < -0.3 is 9.47 Å². The second-order valence-electron chi connectivity index (χ2n) is 7.15. The van der Waals surface area contributed by atoms with Crippen molar-refractivity contribution in [2.75, 3.05) is 12.0 Å². The average molecular weight is 456 g/mol. The SMILES string of the molecule is COc1ccccc1N(C(C)=O)c1nc(COc2ccc(-c3ccc(C#N)cc3)cc2)cs1. The quantitative estimate of drug-likeness (QED) is 0.344. The van der Waals surface area contributed by atoms with Crippen molar-refractivity contribution in [3.05, 3.63) is 89.4 Å². The molecule has 0 atom stereocenters. The normalized spacial score (nSPS) is 10.3. The topological polar surface area (TPSA) is 75.4 Å². The number of nitriles is 1. The number of rotatable bonds is 7. The van der Waals surface area contributed by atoms with E-state index in [0.717, 1.165) is 22.6 Å². The molecule has 0 aliphatic heterocycles. The number of hydrogen-bond acceptors (Lipinski definition) is 6. The van der Waals surface area contributed by atoms with E-state index in [9.17, 15) is 4.79 Å². The Bertz CT molecular complexity index is 1290. The fraction of sp³-hybridized carbons (Fsp3) is 0.115. The summed E-state index contributed by atoms with van der Waals surface area (Å²) < 4.78 is 11.3. The minimum Gasteiger partial charge on any atom is -0.495 e. The molecule has 0 N–H and O–H groups in total. The van der Waals surface area contributed by atoms with Crippen molar-refractivity contribution < 1.29 is 14.3 Å². The van der Waals surface area contributed by atoms with Crippen LogP contribution in [0.15, 0.2) is 78.2 Å². The summed E-state index contributed by atoms with van der Waals surface area (Å²) in [7, 11) is 1.57. The highest BCUT2D eigenvalue weighted by Gasteiger charge is 2.21. The van der Waals surface area contributed by atoms with Gasteiger partial charge in [-0.1, -0.05) is 36.4 Å². The molecule has 164 valence electrons. The van der Waals surface area contributed by atoms with E-state index >= 15 is 0 Å². The minimum atomic E-state index is -0.153. The van der Waals surface area contributed by atoms with Gasteiger partial charge in [0.25, 0.3) is 0 Å². The van der Waals surface area contributed by atoms with E-state index in [1.54, 1.807) is 24.1 Å². The molecule has 4 aromatic rings. The molecule has 4 rings (SSSR count). The molecule has 1 heterocycles. The Labute approximate surface area is 196 Å². The smallest absolute Gasteiger partial charge is 0.230 e. The Balaban J connectivity index is 1.45. The van der Waals surface area contributed by atoms with Crippen LogP contribution in [-0.2, 0) is 11.4 Å². The lowest BCUT2D eigenvalue weighted by Gasteiger charge is -2.20. The molecule has 1 amide bonds. The first-order valence-corrected chi connectivity index (χ1v) is 11.1. The van der Waals surface area contributed by atoms with Crippen LogP contribution >= 0.6 is 11.3 Å². The highest BCUT2D eigenvalue weighted by Crippen LogP contribution is 2.35. The number of benzene rings is 3. The van der Waals surface area contributed by atoms with Crippen LogP contribution in [0.5, 0.6) is 11.5 Å². The number of anilines is 2. The lowest BCUT2D eigenvalue weighted by Crippen LogP contribution is -2.23. The number of aromatic nitrogens is 1. The second kappa shape index (κ2) is 9.98. The number of methoxy groups -OCH3 is 1. The molecule has 7 heteroatoms. The molecule has 1 aromatic heterocycles. The lowest BCUT2D eigenvalue weighted by atomic mass is 10.0. The van der Waals surface area contributed by atoms with E-state index < -0.39 is 0 Å². The number of carbonyl (C=O) groups excluding carboxylic acids is 1. The fourth-order valence-electron chi connectivity index (χ4n) is 3.33. The van der Waals surface area contributed by atoms with Crippen molar-refractivity contribution in [1.82, 2.24) is 4.98 Å². The van der Waals surface area contributed by atoms with Gasteiger partial charge in [0.15, 0.2) is 5.13 Å². The summed E-state index contributed by atoms with van der Waals surface area (Å²) in [6, 6.07) is 24.7. The van der Waals surface area contributed by atoms with Gasteiger partial charge >= 0.3 is 0 Å². The molecule has 6 nitrogen and oxygen atoms in total. The van der Waals surface area contributed by atoms with Crippen LogP contribution in [0.2, 0.25) is 0 Å². The van der Waals surface area contributed by atoms with E-state index in [-0.39, 0.29) is 12.5 Å². The zero-order valence-corrected chi connectivity index (χ0v) is 19.0. The third-order valence-corrected chi connectivity index (χ3v) is 5.83. The largest absolute Gasteiger partial charge is 0.495 e. The van der Waals surface area contributed by atoms with Gasteiger partial charge in [-0.05, 0) is 47.5 Å². The van der Waals surface area contributed by atoms with E-state index in [2.05, 4.69) is 11.1 Å². The van der Waals surface area contributed by atoms with Crippen LogP contribution in [0, 0.1) is 11.3 Å². The Kier molecular flexibility index (Phi) is 6.67. The first kappa shape index (κ1) is 22.1. The summed E-state index contributed by atoms with van der Waals surface area (Å²) in [4.78, 5) is 18.5. The summed E-state index contributed by atoms with van der Waals surface area (Å²) in [5.41, 5.74) is 4.08. The van der Waals surface area contributed by atoms with E-state index in [4.69, 9.17) is 14.7 Å². The zero-order valence-electron chi connectivity index (χ0n) is 18.2. The summed E-state index contributed by atoms with van der Waals surface area (Å²) >= 11 is 1.37. The standard InChI is InChI=1S/C26H21N3O3S/c1-18(30)29(24-5-3-4-6-25(24)31-2)26-28-22(17-33-26)16-32-23-13-11-21(12-14-23)20-9-7-19(15-27)8-10-20/h3-14,17H,16H2,1-2H3. The van der Waals surface area contributed by atoms with E-state index in [0.29, 0.717) is 22.1 Å². The van der Waals surface area contributed by atoms with Gasteiger partial charge in [-0.15, -0.1) is 11.3 Å². The first-order valence-electron chi connectivity index (χ1n) is 10.2. The molecule has 0 bridgehead atoms. The lowest BCUT2D eigenvalue weighted by molar-refractivity contribution is -0.115. The van der Waals surface area contributed by atoms with Gasteiger partial charge in [-0.2, -0.15) is 5.26 Å². The molecule has 0 radical (unpaired) electrons. The number of thiazole rings is 1. The molecule has 0 fully saturated rings.